The maximum atomic E-state index is 14.1. The van der Waals surface area contributed by atoms with Gasteiger partial charge in [0, 0.05) is 37.7 Å². The highest BCUT2D eigenvalue weighted by molar-refractivity contribution is 7.92. The van der Waals surface area contributed by atoms with E-state index in [1.165, 1.54) is 11.1 Å². The van der Waals surface area contributed by atoms with Crippen molar-refractivity contribution >= 4 is 68.2 Å². The summed E-state index contributed by atoms with van der Waals surface area (Å²) in [6.07, 6.45) is 3.47. The second-order valence-electron chi connectivity index (χ2n) is 19.7. The summed E-state index contributed by atoms with van der Waals surface area (Å²) >= 11 is 14.0. The van der Waals surface area contributed by atoms with Crippen LogP contribution in [0.4, 0.5) is 5.95 Å². The van der Waals surface area contributed by atoms with Crippen LogP contribution in [0.1, 0.15) is 93.9 Å². The highest BCUT2D eigenvalue weighted by Crippen LogP contribution is 2.41. The van der Waals surface area contributed by atoms with E-state index < -0.39 is 56.8 Å². The van der Waals surface area contributed by atoms with E-state index in [0.717, 1.165) is 39.1 Å². The molecular weight excluding hydrogens is 1040 g/mol. The molecule has 3 amide bonds. The summed E-state index contributed by atoms with van der Waals surface area (Å²) in [6.45, 7) is 12.0. The molecule has 1 aliphatic heterocycles. The lowest BCUT2D eigenvalue weighted by Crippen LogP contribution is -2.58. The van der Waals surface area contributed by atoms with Gasteiger partial charge in [-0.25, -0.2) is 23.4 Å². The molecule has 0 saturated carbocycles. The molecular formula is C53H64Cl2N8O10S2. The number of alkyl halides is 1. The third kappa shape index (κ3) is 16.2. The second kappa shape index (κ2) is 26.1. The number of hydrogen-bond acceptors (Lipinski definition) is 15. The molecule has 1 saturated heterocycles. The molecule has 1 fully saturated rings. The van der Waals surface area contributed by atoms with E-state index in [0.29, 0.717) is 36.5 Å². The number of anilines is 1. The van der Waals surface area contributed by atoms with E-state index in [4.69, 9.17) is 42.1 Å². The molecule has 5 aromatic rings. The van der Waals surface area contributed by atoms with Crippen molar-refractivity contribution in [3.05, 3.63) is 111 Å². The summed E-state index contributed by atoms with van der Waals surface area (Å²) in [5, 5.41) is 26.6. The van der Waals surface area contributed by atoms with E-state index >= 15 is 0 Å². The minimum atomic E-state index is -3.61. The number of nitrogens with zero attached hydrogens (tertiary/aromatic N) is 5. The molecule has 22 heteroatoms. The number of sulfonamides is 1. The number of aliphatic hydroxyl groups excluding tert-OH is 1. The quantitative estimate of drug-likeness (QED) is 0.0323. The third-order valence-corrected chi connectivity index (χ3v) is 14.3. The number of likely N-dealkylation sites (tertiary alicyclic amines) is 1. The highest BCUT2D eigenvalue weighted by Gasteiger charge is 2.44. The SMILES string of the molecule is Cc1ncsc1-c1ccc(CNC(=O)[C@@H]2C[C@@H](O)CN2C(=O)[C@@H](NC(=O)COCCCCCOc2cc(C(C)(C)c3cc(Cl)c(OCCCl)c(C#N)c3)ccc2OCc2ccnc(NS(C)(=O)=O)n2)C(C)(C)C)cc1. The fraction of sp³-hybridized carbons (Fsp3) is 0.453. The highest BCUT2D eigenvalue weighted by atomic mass is 35.5. The van der Waals surface area contributed by atoms with Crippen LogP contribution in [-0.2, 0) is 47.7 Å². The van der Waals surface area contributed by atoms with Gasteiger partial charge in [-0.3, -0.25) is 19.1 Å². The number of nitrogens with one attached hydrogen (secondary N) is 3. The second-order valence-corrected chi connectivity index (χ2v) is 23.1. The van der Waals surface area contributed by atoms with Crippen molar-refractivity contribution < 1.29 is 46.9 Å². The Hall–Kier alpha value is -6.08. The number of carbonyl (C=O) groups excluding carboxylic acids is 3. The molecule has 1 aliphatic rings. The standard InChI is InChI=1S/C53H64Cl2N8O10S2/c1-33-47(74-32-59-33)35-13-11-34(12-14-35)28-58-49(66)42-26-40(64)29-63(42)50(67)48(52(2,3)4)61-45(65)31-70-20-9-8-10-21-71-44-25-37(53(5,6)38-23-36(27-56)46(41(55)24-38)72-22-18-54)15-16-43(44)73-30-39-17-19-57-51(60-39)62-75(7,68)69/h11-17,19,23-25,32,40,42,48,64H,8-10,18,20-22,26,28-31H2,1-7H3,(H,58,66)(H,61,65)(H,57,60,62)/t40-,42+,48-/m1/s1. The van der Waals surface area contributed by atoms with Crippen LogP contribution in [0.2, 0.25) is 5.02 Å². The zero-order valence-electron chi connectivity index (χ0n) is 43.1. The summed E-state index contributed by atoms with van der Waals surface area (Å²) in [5.74, 6) is -0.144. The summed E-state index contributed by atoms with van der Waals surface area (Å²) in [7, 11) is -3.61. The number of unbranched alkanes of at least 4 members (excludes halogenated alkanes) is 2. The van der Waals surface area contributed by atoms with Crippen LogP contribution in [0.15, 0.2) is 72.4 Å². The molecule has 4 N–H and O–H groups in total. The number of halogens is 2. The maximum Gasteiger partial charge on any atom is 0.246 e. The van der Waals surface area contributed by atoms with E-state index in [1.807, 2.05) is 77.9 Å². The molecule has 3 atom stereocenters. The van der Waals surface area contributed by atoms with Gasteiger partial charge in [-0.15, -0.1) is 22.9 Å². The zero-order chi connectivity index (χ0) is 54.5. The minimum absolute atomic E-state index is 0.0365. The van der Waals surface area contributed by atoms with Gasteiger partial charge < -0.3 is 39.6 Å². The molecule has 3 aromatic carbocycles. The Labute approximate surface area is 452 Å². The Balaban J connectivity index is 1.02. The number of ether oxygens (including phenoxy) is 4. The lowest BCUT2D eigenvalue weighted by molar-refractivity contribution is -0.144. The molecule has 402 valence electrons. The number of β-amino-alcohol motifs (C(OH)–C–C–N with tert-alkyl or cyclic N) is 1. The van der Waals surface area contributed by atoms with Crippen molar-refractivity contribution in [1.29, 1.82) is 5.26 Å². The number of benzene rings is 3. The Morgan fingerprint density at radius 2 is 1.69 bits per heavy atom. The monoisotopic (exact) mass is 1110 g/mol. The fourth-order valence-corrected chi connectivity index (χ4v) is 9.87. The molecule has 2 aromatic heterocycles. The van der Waals surface area contributed by atoms with Gasteiger partial charge in [-0.1, -0.05) is 76.6 Å². The number of aromatic nitrogens is 3. The van der Waals surface area contributed by atoms with Crippen molar-refractivity contribution in [3.63, 3.8) is 0 Å². The Kier molecular flexibility index (Phi) is 20.3. The molecule has 75 heavy (non-hydrogen) atoms. The molecule has 18 nitrogen and oxygen atoms in total. The number of hydrogen-bond donors (Lipinski definition) is 4. The van der Waals surface area contributed by atoms with Crippen LogP contribution in [0.25, 0.3) is 10.4 Å². The number of rotatable bonds is 25. The molecule has 3 heterocycles. The van der Waals surface area contributed by atoms with Crippen molar-refractivity contribution in [2.24, 2.45) is 5.41 Å². The fourth-order valence-electron chi connectivity index (χ4n) is 8.28. The first-order valence-electron chi connectivity index (χ1n) is 24.3. The summed E-state index contributed by atoms with van der Waals surface area (Å²) in [4.78, 5) is 55.9. The first-order chi connectivity index (χ1) is 35.6. The van der Waals surface area contributed by atoms with Crippen molar-refractivity contribution in [2.45, 2.75) is 104 Å². The van der Waals surface area contributed by atoms with Crippen molar-refractivity contribution in [3.8, 4) is 33.8 Å². The van der Waals surface area contributed by atoms with Gasteiger partial charge in [0.1, 0.15) is 38.0 Å². The lowest BCUT2D eigenvalue weighted by atomic mass is 9.77. The summed E-state index contributed by atoms with van der Waals surface area (Å²) in [6, 6.07) is 18.7. The molecule has 0 spiro atoms. The normalized spacial score (nSPS) is 15.2. The van der Waals surface area contributed by atoms with E-state index in [2.05, 4.69) is 36.4 Å². The van der Waals surface area contributed by atoms with E-state index in [-0.39, 0.29) is 80.7 Å². The average Bonchev–Trinajstić information content (AvgIpc) is 3.98. The topological polar surface area (TPSA) is 244 Å². The van der Waals surface area contributed by atoms with Crippen molar-refractivity contribution in [1.82, 2.24) is 30.5 Å². The molecule has 0 unspecified atom stereocenters. The van der Waals surface area contributed by atoms with Crippen LogP contribution < -0.4 is 29.6 Å². The Bertz CT molecular complexity index is 2950. The number of thiazole rings is 1. The Morgan fingerprint density at radius 1 is 0.947 bits per heavy atom. The van der Waals surface area contributed by atoms with Gasteiger partial charge in [0.15, 0.2) is 17.2 Å². The first kappa shape index (κ1) is 58.2. The van der Waals surface area contributed by atoms with Gasteiger partial charge in [0.05, 0.1) is 57.2 Å². The van der Waals surface area contributed by atoms with E-state index in [1.54, 1.807) is 41.1 Å². The summed E-state index contributed by atoms with van der Waals surface area (Å²) < 4.78 is 49.8. The average molecular weight is 1110 g/mol. The lowest BCUT2D eigenvalue weighted by Gasteiger charge is -2.35. The molecule has 6 rings (SSSR count). The van der Waals surface area contributed by atoms with Gasteiger partial charge in [-0.05, 0) is 84.2 Å². The Morgan fingerprint density at radius 3 is 2.37 bits per heavy atom. The predicted octanol–water partition coefficient (Wildman–Crippen LogP) is 7.70. The smallest absolute Gasteiger partial charge is 0.246 e. The summed E-state index contributed by atoms with van der Waals surface area (Å²) in [5.41, 5.74) is 5.48. The number of carbonyl (C=O) groups is 3. The maximum absolute atomic E-state index is 14.1. The van der Waals surface area contributed by atoms with Crippen LogP contribution in [-0.4, -0.2) is 114 Å². The van der Waals surface area contributed by atoms with Gasteiger partial charge in [-0.2, -0.15) is 5.26 Å². The van der Waals surface area contributed by atoms with Gasteiger partial charge in [0.2, 0.25) is 33.7 Å². The molecule has 0 aliphatic carbocycles. The molecule has 0 bridgehead atoms. The van der Waals surface area contributed by atoms with Crippen LogP contribution in [0.5, 0.6) is 17.2 Å². The van der Waals surface area contributed by atoms with Crippen LogP contribution >= 0.6 is 34.5 Å². The number of aliphatic hydroxyl groups is 1. The minimum Gasteiger partial charge on any atom is -0.490 e. The largest absolute Gasteiger partial charge is 0.490 e. The van der Waals surface area contributed by atoms with E-state index in [9.17, 15) is 33.2 Å². The van der Waals surface area contributed by atoms with Gasteiger partial charge >= 0.3 is 0 Å². The third-order valence-electron chi connectivity index (χ3n) is 12.4. The van der Waals surface area contributed by atoms with Crippen LogP contribution in [0.3, 0.4) is 0 Å². The van der Waals surface area contributed by atoms with Crippen LogP contribution in [0, 0.1) is 23.7 Å². The number of nitriles is 1. The van der Waals surface area contributed by atoms with Crippen molar-refractivity contribution in [2.75, 3.05) is 49.8 Å². The number of aryl methyl sites for hydroxylation is 1. The van der Waals surface area contributed by atoms with Gasteiger partial charge in [0.25, 0.3) is 0 Å². The first-order valence-corrected chi connectivity index (χ1v) is 28.0. The zero-order valence-corrected chi connectivity index (χ0v) is 46.2. The number of amides is 3. The predicted molar refractivity (Wildman–Crippen MR) is 288 cm³/mol. The molecule has 0 radical (unpaired) electrons.